The summed E-state index contributed by atoms with van der Waals surface area (Å²) in [5.74, 6) is 1.59. The fraction of sp³-hybridized carbons (Fsp3) is 0.647. The zero-order valence-corrected chi connectivity index (χ0v) is 13.6. The number of hydrogen-bond acceptors (Lipinski definition) is 4. The Morgan fingerprint density at radius 1 is 1.24 bits per heavy atom. The van der Waals surface area contributed by atoms with E-state index in [9.17, 15) is 0 Å². The molecular formula is C17H27NO3. The zero-order chi connectivity index (χ0) is 15.3. The first kappa shape index (κ1) is 16.1. The molecule has 0 spiro atoms. The first-order valence-corrected chi connectivity index (χ1v) is 7.69. The first-order chi connectivity index (χ1) is 10.0. The van der Waals surface area contributed by atoms with Gasteiger partial charge in [0.05, 0.1) is 13.2 Å². The van der Waals surface area contributed by atoms with Crippen LogP contribution in [0.15, 0.2) is 18.2 Å². The summed E-state index contributed by atoms with van der Waals surface area (Å²) in [6, 6.07) is 6.13. The smallest absolute Gasteiger partial charge is 0.161 e. The van der Waals surface area contributed by atoms with Gasteiger partial charge >= 0.3 is 0 Å². The highest BCUT2D eigenvalue weighted by Gasteiger charge is 2.26. The zero-order valence-electron chi connectivity index (χ0n) is 13.6. The number of hydrogen-bond donors (Lipinski definition) is 1. The van der Waals surface area contributed by atoms with Gasteiger partial charge in [-0.15, -0.1) is 0 Å². The molecule has 21 heavy (non-hydrogen) atoms. The highest BCUT2D eigenvalue weighted by Crippen LogP contribution is 2.29. The van der Waals surface area contributed by atoms with Crippen LogP contribution in [0.5, 0.6) is 11.5 Å². The minimum Gasteiger partial charge on any atom is -0.493 e. The van der Waals surface area contributed by atoms with Crippen molar-refractivity contribution in [3.63, 3.8) is 0 Å². The molecule has 0 bridgehead atoms. The summed E-state index contributed by atoms with van der Waals surface area (Å²) < 4.78 is 16.6. The minimum atomic E-state index is 0.143. The van der Waals surface area contributed by atoms with Gasteiger partial charge in [0.2, 0.25) is 0 Å². The van der Waals surface area contributed by atoms with E-state index >= 15 is 0 Å². The molecule has 0 amide bonds. The number of rotatable bonds is 6. The molecule has 0 unspecified atom stereocenters. The summed E-state index contributed by atoms with van der Waals surface area (Å²) in [7, 11) is 1.68. The molecule has 4 heteroatoms. The Kier molecular flexibility index (Phi) is 5.48. The Hall–Kier alpha value is -1.26. The monoisotopic (exact) mass is 293 g/mol. The van der Waals surface area contributed by atoms with E-state index in [1.807, 2.05) is 26.0 Å². The molecule has 0 radical (unpaired) electrons. The molecule has 1 aliphatic heterocycles. The summed E-state index contributed by atoms with van der Waals surface area (Å²) in [4.78, 5) is 0. The number of benzene rings is 1. The van der Waals surface area contributed by atoms with E-state index in [0.29, 0.717) is 0 Å². The summed E-state index contributed by atoms with van der Waals surface area (Å²) in [5, 5.41) is 3.65. The molecule has 1 fully saturated rings. The lowest BCUT2D eigenvalue weighted by atomic mass is 9.92. The van der Waals surface area contributed by atoms with Gasteiger partial charge in [-0.2, -0.15) is 0 Å². The van der Waals surface area contributed by atoms with E-state index in [1.54, 1.807) is 7.11 Å². The predicted molar refractivity (Wildman–Crippen MR) is 84.1 cm³/mol. The van der Waals surface area contributed by atoms with Crippen molar-refractivity contribution in [1.82, 2.24) is 5.32 Å². The number of methoxy groups -OCH3 is 1. The molecule has 0 aromatic heterocycles. The fourth-order valence-corrected chi connectivity index (χ4v) is 2.49. The molecule has 4 nitrogen and oxygen atoms in total. The van der Waals surface area contributed by atoms with E-state index < -0.39 is 0 Å². The quantitative estimate of drug-likeness (QED) is 0.874. The summed E-state index contributed by atoms with van der Waals surface area (Å²) in [5.41, 5.74) is 1.37. The highest BCUT2D eigenvalue weighted by atomic mass is 16.5. The topological polar surface area (TPSA) is 39.7 Å². The molecular weight excluding hydrogens is 266 g/mol. The van der Waals surface area contributed by atoms with Crippen molar-refractivity contribution in [2.24, 2.45) is 0 Å². The predicted octanol–water partition coefficient (Wildman–Crippen LogP) is 3.14. The van der Waals surface area contributed by atoms with Crippen LogP contribution in [0.1, 0.15) is 39.2 Å². The van der Waals surface area contributed by atoms with Gasteiger partial charge in [0.1, 0.15) is 0 Å². The number of nitrogens with one attached hydrogen (secondary N) is 1. The summed E-state index contributed by atoms with van der Waals surface area (Å²) in [6.45, 7) is 8.81. The maximum atomic E-state index is 5.74. The molecule has 0 aliphatic carbocycles. The van der Waals surface area contributed by atoms with Crippen molar-refractivity contribution in [2.45, 2.75) is 51.8 Å². The third kappa shape index (κ3) is 4.61. The molecule has 0 atom stereocenters. The molecule has 118 valence electrons. The largest absolute Gasteiger partial charge is 0.493 e. The SMILES string of the molecule is COc1cc(CNC2(C)CCOCC2)ccc1OC(C)C. The Bertz CT molecular complexity index is 453. The molecule has 1 heterocycles. The maximum absolute atomic E-state index is 5.74. The van der Waals surface area contributed by atoms with Gasteiger partial charge in [0.25, 0.3) is 0 Å². The van der Waals surface area contributed by atoms with Gasteiger partial charge in [-0.25, -0.2) is 0 Å². The fourth-order valence-electron chi connectivity index (χ4n) is 2.49. The van der Waals surface area contributed by atoms with Crippen molar-refractivity contribution in [1.29, 1.82) is 0 Å². The van der Waals surface area contributed by atoms with Crippen LogP contribution in [0.2, 0.25) is 0 Å². The van der Waals surface area contributed by atoms with Crippen LogP contribution >= 0.6 is 0 Å². The van der Waals surface area contributed by atoms with Crippen LogP contribution in [0.25, 0.3) is 0 Å². The first-order valence-electron chi connectivity index (χ1n) is 7.69. The van der Waals surface area contributed by atoms with E-state index in [4.69, 9.17) is 14.2 Å². The Labute approximate surface area is 127 Å². The molecule has 1 saturated heterocycles. The lowest BCUT2D eigenvalue weighted by molar-refractivity contribution is 0.0446. The van der Waals surface area contributed by atoms with E-state index in [2.05, 4.69) is 18.3 Å². The summed E-state index contributed by atoms with van der Waals surface area (Å²) >= 11 is 0. The van der Waals surface area contributed by atoms with Crippen LogP contribution in [0.3, 0.4) is 0 Å². The third-order valence-electron chi connectivity index (χ3n) is 3.91. The van der Waals surface area contributed by atoms with Gasteiger partial charge in [-0.3, -0.25) is 0 Å². The third-order valence-corrected chi connectivity index (χ3v) is 3.91. The van der Waals surface area contributed by atoms with Gasteiger partial charge in [0.15, 0.2) is 11.5 Å². The van der Waals surface area contributed by atoms with Crippen LogP contribution in [0.4, 0.5) is 0 Å². The average Bonchev–Trinajstić information content (AvgIpc) is 2.46. The average molecular weight is 293 g/mol. The molecule has 1 aromatic rings. The van der Waals surface area contributed by atoms with Crippen LogP contribution in [0, 0.1) is 0 Å². The van der Waals surface area contributed by atoms with Gasteiger partial charge in [-0.1, -0.05) is 6.07 Å². The van der Waals surface area contributed by atoms with Crippen molar-refractivity contribution in [3.8, 4) is 11.5 Å². The van der Waals surface area contributed by atoms with Crippen LogP contribution < -0.4 is 14.8 Å². The van der Waals surface area contributed by atoms with Gasteiger partial charge in [0, 0.05) is 25.3 Å². The van der Waals surface area contributed by atoms with Gasteiger partial charge in [-0.05, 0) is 51.3 Å². The van der Waals surface area contributed by atoms with Crippen molar-refractivity contribution in [2.75, 3.05) is 20.3 Å². The second-order valence-electron chi connectivity index (χ2n) is 6.18. The number of ether oxygens (including phenoxy) is 3. The molecule has 1 N–H and O–H groups in total. The maximum Gasteiger partial charge on any atom is 0.161 e. The Balaban J connectivity index is 2.00. The second-order valence-corrected chi connectivity index (χ2v) is 6.18. The van der Waals surface area contributed by atoms with E-state index in [-0.39, 0.29) is 11.6 Å². The lowest BCUT2D eigenvalue weighted by Crippen LogP contribution is -2.46. The Morgan fingerprint density at radius 3 is 2.57 bits per heavy atom. The normalized spacial score (nSPS) is 17.8. The van der Waals surface area contributed by atoms with Crippen LogP contribution in [-0.2, 0) is 11.3 Å². The van der Waals surface area contributed by atoms with Crippen molar-refractivity contribution in [3.05, 3.63) is 23.8 Å². The summed E-state index contributed by atoms with van der Waals surface area (Å²) in [6.07, 6.45) is 2.25. The molecule has 0 saturated carbocycles. The standard InChI is InChI=1S/C17H27NO3/c1-13(2)21-15-6-5-14(11-16(15)19-4)12-18-17(3)7-9-20-10-8-17/h5-6,11,13,18H,7-10,12H2,1-4H3. The van der Waals surface area contributed by atoms with Crippen molar-refractivity contribution >= 4 is 0 Å². The molecule has 1 aromatic carbocycles. The van der Waals surface area contributed by atoms with E-state index in [1.165, 1.54) is 5.56 Å². The molecule has 2 rings (SSSR count). The second kappa shape index (κ2) is 7.14. The van der Waals surface area contributed by atoms with E-state index in [0.717, 1.165) is 44.1 Å². The highest BCUT2D eigenvalue weighted by molar-refractivity contribution is 5.43. The van der Waals surface area contributed by atoms with Gasteiger partial charge < -0.3 is 19.5 Å². The van der Waals surface area contributed by atoms with Crippen molar-refractivity contribution < 1.29 is 14.2 Å². The molecule has 1 aliphatic rings. The van der Waals surface area contributed by atoms with Crippen LogP contribution in [-0.4, -0.2) is 32.0 Å². The lowest BCUT2D eigenvalue weighted by Gasteiger charge is -2.34. The Morgan fingerprint density at radius 2 is 1.95 bits per heavy atom. The minimum absolute atomic E-state index is 0.143.